The van der Waals surface area contributed by atoms with Gasteiger partial charge >= 0.3 is 5.69 Å². The van der Waals surface area contributed by atoms with E-state index in [1.807, 2.05) is 36.4 Å². The fourth-order valence-corrected chi connectivity index (χ4v) is 2.53. The highest BCUT2D eigenvalue weighted by Gasteiger charge is 2.07. The summed E-state index contributed by atoms with van der Waals surface area (Å²) in [5.74, 6) is 0.384. The lowest BCUT2D eigenvalue weighted by Crippen LogP contribution is -2.14. The molecule has 3 aromatic rings. The Labute approximate surface area is 133 Å². The minimum Gasteiger partial charge on any atom is -0.326 e. The van der Waals surface area contributed by atoms with Crippen molar-refractivity contribution in [3.8, 4) is 0 Å². The van der Waals surface area contributed by atoms with Crippen molar-refractivity contribution in [2.45, 2.75) is 26.2 Å². The van der Waals surface area contributed by atoms with E-state index in [1.54, 1.807) is 6.07 Å². The van der Waals surface area contributed by atoms with Crippen LogP contribution in [0.1, 0.15) is 30.9 Å². The molecule has 0 unspecified atom stereocenters. The predicted octanol–water partition coefficient (Wildman–Crippen LogP) is 3.16. The number of aromatic amines is 2. The van der Waals surface area contributed by atoms with Crippen molar-refractivity contribution in [3.05, 3.63) is 64.1 Å². The Kier molecular flexibility index (Phi) is 4.02. The number of rotatable bonds is 4. The van der Waals surface area contributed by atoms with Gasteiger partial charge in [0, 0.05) is 5.69 Å². The van der Waals surface area contributed by atoms with Crippen LogP contribution in [0.25, 0.3) is 11.0 Å². The quantitative estimate of drug-likeness (QED) is 0.692. The van der Waals surface area contributed by atoms with Crippen molar-refractivity contribution >= 4 is 22.6 Å². The lowest BCUT2D eigenvalue weighted by atomic mass is 10.0. The van der Waals surface area contributed by atoms with Crippen molar-refractivity contribution in [1.29, 1.82) is 0 Å². The fourth-order valence-electron chi connectivity index (χ4n) is 2.53. The minimum atomic E-state index is -0.244. The zero-order valence-corrected chi connectivity index (χ0v) is 13.1. The first-order chi connectivity index (χ1) is 11.0. The molecule has 0 atom stereocenters. The molecule has 3 N–H and O–H groups in total. The van der Waals surface area contributed by atoms with Gasteiger partial charge in [-0.3, -0.25) is 4.79 Å². The van der Waals surface area contributed by atoms with Crippen LogP contribution in [0.5, 0.6) is 0 Å². The third-order valence-corrected chi connectivity index (χ3v) is 3.81. The molecule has 0 aliphatic carbocycles. The number of H-pyrrole nitrogens is 2. The summed E-state index contributed by atoms with van der Waals surface area (Å²) in [6.07, 6.45) is 0.259. The van der Waals surface area contributed by atoms with Crippen LogP contribution in [-0.2, 0) is 11.2 Å². The van der Waals surface area contributed by atoms with Crippen LogP contribution in [0.4, 0.5) is 5.69 Å². The third kappa shape index (κ3) is 3.51. The van der Waals surface area contributed by atoms with Crippen LogP contribution in [0.2, 0.25) is 0 Å². The first kappa shape index (κ1) is 15.1. The predicted molar refractivity (Wildman–Crippen MR) is 91.8 cm³/mol. The van der Waals surface area contributed by atoms with E-state index >= 15 is 0 Å². The van der Waals surface area contributed by atoms with E-state index in [1.165, 1.54) is 5.56 Å². The largest absolute Gasteiger partial charge is 0.326 e. The molecule has 1 heterocycles. The number of aromatic nitrogens is 2. The Hall–Kier alpha value is -2.82. The van der Waals surface area contributed by atoms with E-state index in [4.69, 9.17) is 0 Å². The van der Waals surface area contributed by atoms with Crippen molar-refractivity contribution in [3.63, 3.8) is 0 Å². The third-order valence-electron chi connectivity index (χ3n) is 3.81. The number of fused-ring (bicyclic) bond motifs is 1. The van der Waals surface area contributed by atoms with Crippen LogP contribution in [-0.4, -0.2) is 15.9 Å². The number of amides is 1. The van der Waals surface area contributed by atoms with Gasteiger partial charge in [0.2, 0.25) is 5.91 Å². The van der Waals surface area contributed by atoms with E-state index in [0.717, 1.165) is 16.8 Å². The first-order valence-electron chi connectivity index (χ1n) is 7.62. The number of carbonyl (C=O) groups is 1. The second kappa shape index (κ2) is 6.12. The highest BCUT2D eigenvalue weighted by atomic mass is 16.1. The summed E-state index contributed by atoms with van der Waals surface area (Å²) in [7, 11) is 0. The normalized spacial score (nSPS) is 11.1. The van der Waals surface area contributed by atoms with Gasteiger partial charge in [-0.1, -0.05) is 32.0 Å². The highest BCUT2D eigenvalue weighted by Crippen LogP contribution is 2.17. The van der Waals surface area contributed by atoms with Crippen LogP contribution in [0.3, 0.4) is 0 Å². The Balaban J connectivity index is 1.69. The van der Waals surface area contributed by atoms with Gasteiger partial charge in [0.1, 0.15) is 0 Å². The smallest absolute Gasteiger partial charge is 0.323 e. The topological polar surface area (TPSA) is 77.8 Å². The Morgan fingerprint density at radius 3 is 2.43 bits per heavy atom. The van der Waals surface area contributed by atoms with E-state index in [-0.39, 0.29) is 18.0 Å². The monoisotopic (exact) mass is 309 g/mol. The Morgan fingerprint density at radius 2 is 1.74 bits per heavy atom. The molecule has 0 aliphatic heterocycles. The first-order valence-corrected chi connectivity index (χ1v) is 7.62. The maximum Gasteiger partial charge on any atom is 0.323 e. The molecule has 0 saturated carbocycles. The molecule has 0 spiro atoms. The van der Waals surface area contributed by atoms with E-state index in [9.17, 15) is 9.59 Å². The molecule has 5 nitrogen and oxygen atoms in total. The maximum atomic E-state index is 12.2. The number of benzene rings is 2. The van der Waals surface area contributed by atoms with Gasteiger partial charge in [0.05, 0.1) is 17.5 Å². The summed E-state index contributed by atoms with van der Waals surface area (Å²) < 4.78 is 0. The van der Waals surface area contributed by atoms with Crippen LogP contribution < -0.4 is 11.0 Å². The van der Waals surface area contributed by atoms with Crippen molar-refractivity contribution in [2.24, 2.45) is 0 Å². The van der Waals surface area contributed by atoms with Crippen LogP contribution >= 0.6 is 0 Å². The molecule has 1 amide bonds. The standard InChI is InChI=1S/C18H19N3O2/c1-11(2)13-4-6-14(7-5-13)19-17(22)10-12-3-8-15-16(9-12)21-18(23)20-15/h3-9,11H,10H2,1-2H3,(H,19,22)(H2,20,21,23). The summed E-state index contributed by atoms with van der Waals surface area (Å²) in [5, 5.41) is 2.89. The molecule has 5 heteroatoms. The molecule has 0 bridgehead atoms. The second-order valence-electron chi connectivity index (χ2n) is 5.96. The number of hydrogen-bond donors (Lipinski definition) is 3. The molecule has 1 aromatic heterocycles. The van der Waals surface area contributed by atoms with Crippen LogP contribution in [0, 0.1) is 0 Å². The average Bonchev–Trinajstić information content (AvgIpc) is 2.87. The zero-order chi connectivity index (χ0) is 16.4. The molecule has 0 saturated heterocycles. The summed E-state index contributed by atoms with van der Waals surface area (Å²) >= 11 is 0. The summed E-state index contributed by atoms with van der Waals surface area (Å²) in [4.78, 5) is 28.8. The Bertz CT molecular complexity index is 889. The summed E-state index contributed by atoms with van der Waals surface area (Å²) in [5.41, 5.74) is 4.08. The van der Waals surface area contributed by atoms with Gasteiger partial charge in [-0.25, -0.2) is 4.79 Å². The van der Waals surface area contributed by atoms with Gasteiger partial charge in [-0.05, 0) is 41.3 Å². The second-order valence-corrected chi connectivity index (χ2v) is 5.96. The van der Waals surface area contributed by atoms with E-state index < -0.39 is 0 Å². The number of carbonyl (C=O) groups excluding carboxylic acids is 1. The lowest BCUT2D eigenvalue weighted by molar-refractivity contribution is -0.115. The van der Waals surface area contributed by atoms with Crippen molar-refractivity contribution < 1.29 is 4.79 Å². The maximum absolute atomic E-state index is 12.2. The SMILES string of the molecule is CC(C)c1ccc(NC(=O)Cc2ccc3[nH]c(=O)[nH]c3c2)cc1. The molecule has 3 rings (SSSR count). The molecule has 0 radical (unpaired) electrons. The van der Waals surface area contributed by atoms with Crippen molar-refractivity contribution in [2.75, 3.05) is 5.32 Å². The van der Waals surface area contributed by atoms with Gasteiger partial charge in [-0.2, -0.15) is 0 Å². The van der Waals surface area contributed by atoms with Gasteiger partial charge in [-0.15, -0.1) is 0 Å². The zero-order valence-electron chi connectivity index (χ0n) is 13.1. The number of anilines is 1. The number of imidazole rings is 1. The van der Waals surface area contributed by atoms with Crippen molar-refractivity contribution in [1.82, 2.24) is 9.97 Å². The molecule has 0 aliphatic rings. The van der Waals surface area contributed by atoms with E-state index in [2.05, 4.69) is 29.1 Å². The molecule has 118 valence electrons. The lowest BCUT2D eigenvalue weighted by Gasteiger charge is -2.08. The van der Waals surface area contributed by atoms with Gasteiger partial charge in [0.15, 0.2) is 0 Å². The molecule has 23 heavy (non-hydrogen) atoms. The van der Waals surface area contributed by atoms with Gasteiger partial charge < -0.3 is 15.3 Å². The molecule has 2 aromatic carbocycles. The summed E-state index contributed by atoms with van der Waals surface area (Å²) in [6.45, 7) is 4.27. The summed E-state index contributed by atoms with van der Waals surface area (Å²) in [6, 6.07) is 13.3. The molecular formula is C18H19N3O2. The van der Waals surface area contributed by atoms with Crippen LogP contribution in [0.15, 0.2) is 47.3 Å². The number of hydrogen-bond acceptors (Lipinski definition) is 2. The highest BCUT2D eigenvalue weighted by molar-refractivity contribution is 5.92. The minimum absolute atomic E-state index is 0.0838. The fraction of sp³-hybridized carbons (Fsp3) is 0.222. The molecule has 0 fully saturated rings. The Morgan fingerprint density at radius 1 is 1.04 bits per heavy atom. The average molecular weight is 309 g/mol. The van der Waals surface area contributed by atoms with E-state index in [0.29, 0.717) is 11.4 Å². The molecular weight excluding hydrogens is 290 g/mol. The van der Waals surface area contributed by atoms with Gasteiger partial charge in [0.25, 0.3) is 0 Å². The number of nitrogens with one attached hydrogen (secondary N) is 3.